The first-order chi connectivity index (χ1) is 7.79. The largest absolute Gasteiger partial charge is 0.296 e. The Morgan fingerprint density at radius 3 is 2.59 bits per heavy atom. The quantitative estimate of drug-likeness (QED) is 0.647. The number of nitrogens with zero attached hydrogens (tertiary/aromatic N) is 1. The Balaban J connectivity index is 2.72. The highest BCUT2D eigenvalue weighted by atomic mass is 16.7. The molecule has 5 nitrogen and oxygen atoms in total. The molecule has 0 aliphatic carbocycles. The summed E-state index contributed by atoms with van der Waals surface area (Å²) in [6, 6.07) is 6.42. The first-order valence-electron chi connectivity index (χ1n) is 5.47. The molecule has 94 valence electrons. The van der Waals surface area contributed by atoms with Crippen molar-refractivity contribution < 1.29 is 9.76 Å². The van der Waals surface area contributed by atoms with Crippen LogP contribution in [0.15, 0.2) is 24.3 Å². The van der Waals surface area contributed by atoms with Crippen molar-refractivity contribution in [2.45, 2.75) is 39.3 Å². The molecule has 1 N–H and O–H groups in total. The molecule has 0 fully saturated rings. The fourth-order valence-corrected chi connectivity index (χ4v) is 1.24. The van der Waals surface area contributed by atoms with Crippen molar-refractivity contribution in [3.63, 3.8) is 0 Å². The maximum atomic E-state index is 10.6. The van der Waals surface area contributed by atoms with Crippen LogP contribution in [0.1, 0.15) is 39.3 Å². The molecule has 0 radical (unpaired) electrons. The monoisotopic (exact) mass is 238 g/mol. The fourth-order valence-electron chi connectivity index (χ4n) is 1.24. The summed E-state index contributed by atoms with van der Waals surface area (Å²) in [6.45, 7) is 7.69. The van der Waals surface area contributed by atoms with Crippen molar-refractivity contribution in [2.75, 3.05) is 0 Å². The summed E-state index contributed by atoms with van der Waals surface area (Å²) in [5.41, 5.74) is 3.50. The normalized spacial score (nSPS) is 13.4. The van der Waals surface area contributed by atoms with Crippen molar-refractivity contribution in [1.29, 1.82) is 0 Å². The van der Waals surface area contributed by atoms with E-state index in [1.54, 1.807) is 12.1 Å². The van der Waals surface area contributed by atoms with Crippen molar-refractivity contribution in [3.05, 3.63) is 39.9 Å². The molecular weight excluding hydrogens is 220 g/mol. The predicted molar refractivity (Wildman–Crippen MR) is 65.5 cm³/mol. The van der Waals surface area contributed by atoms with Gasteiger partial charge in [-0.1, -0.05) is 12.1 Å². The molecule has 0 spiro atoms. The lowest BCUT2D eigenvalue weighted by molar-refractivity contribution is -0.384. The van der Waals surface area contributed by atoms with Crippen LogP contribution >= 0.6 is 0 Å². The zero-order valence-electron chi connectivity index (χ0n) is 10.6. The highest BCUT2D eigenvalue weighted by molar-refractivity contribution is 5.35. The summed E-state index contributed by atoms with van der Waals surface area (Å²) in [4.78, 5) is 15.7. The molecule has 0 saturated heterocycles. The molecule has 0 aliphatic rings. The van der Waals surface area contributed by atoms with E-state index in [-0.39, 0.29) is 17.3 Å². The third-order valence-corrected chi connectivity index (χ3v) is 2.12. The number of nitrogens with one attached hydrogen (secondary N) is 1. The molecule has 0 aromatic heterocycles. The SMILES string of the molecule is CC(NOC(C)(C)C)c1cccc([N+](=O)[O-])c1. The number of non-ortho nitro benzene ring substituents is 1. The summed E-state index contributed by atoms with van der Waals surface area (Å²) in [7, 11) is 0. The Morgan fingerprint density at radius 1 is 1.41 bits per heavy atom. The summed E-state index contributed by atoms with van der Waals surface area (Å²) >= 11 is 0. The van der Waals surface area contributed by atoms with Crippen LogP contribution in [0, 0.1) is 10.1 Å². The first-order valence-corrected chi connectivity index (χ1v) is 5.47. The molecule has 0 amide bonds. The number of rotatable bonds is 4. The molecule has 1 unspecified atom stereocenters. The van der Waals surface area contributed by atoms with Gasteiger partial charge in [-0.3, -0.25) is 15.0 Å². The standard InChI is InChI=1S/C12H18N2O3/c1-9(13-17-12(2,3)4)10-6-5-7-11(8-10)14(15)16/h5-9,13H,1-4H3. The lowest BCUT2D eigenvalue weighted by atomic mass is 10.1. The van der Waals surface area contributed by atoms with Gasteiger partial charge >= 0.3 is 0 Å². The Kier molecular flexibility index (Phi) is 4.20. The van der Waals surface area contributed by atoms with E-state index >= 15 is 0 Å². The Hall–Kier alpha value is -1.46. The molecule has 17 heavy (non-hydrogen) atoms. The number of benzene rings is 1. The smallest absolute Gasteiger partial charge is 0.269 e. The molecule has 1 aromatic rings. The molecule has 0 aliphatic heterocycles. The maximum absolute atomic E-state index is 10.6. The number of hydroxylamine groups is 1. The van der Waals surface area contributed by atoms with Gasteiger partial charge in [0.05, 0.1) is 16.6 Å². The van der Waals surface area contributed by atoms with E-state index in [2.05, 4.69) is 5.48 Å². The van der Waals surface area contributed by atoms with Crippen LogP contribution in [0.5, 0.6) is 0 Å². The van der Waals surface area contributed by atoms with Crippen molar-refractivity contribution in [2.24, 2.45) is 0 Å². The zero-order valence-corrected chi connectivity index (χ0v) is 10.6. The Bertz CT molecular complexity index is 399. The summed E-state index contributed by atoms with van der Waals surface area (Å²) in [5, 5.41) is 10.6. The van der Waals surface area contributed by atoms with E-state index in [0.717, 1.165) is 5.56 Å². The predicted octanol–water partition coefficient (Wildman–Crippen LogP) is 2.98. The molecule has 0 saturated carbocycles. The molecule has 1 atom stereocenters. The summed E-state index contributed by atoms with van der Waals surface area (Å²) < 4.78 is 0. The minimum Gasteiger partial charge on any atom is -0.296 e. The summed E-state index contributed by atoms with van der Waals surface area (Å²) in [6.07, 6.45) is 0. The Labute approximate surface area is 101 Å². The fraction of sp³-hybridized carbons (Fsp3) is 0.500. The topological polar surface area (TPSA) is 64.4 Å². The van der Waals surface area contributed by atoms with Gasteiger partial charge in [0.15, 0.2) is 0 Å². The van der Waals surface area contributed by atoms with Crippen molar-refractivity contribution in [1.82, 2.24) is 5.48 Å². The molecular formula is C12H18N2O3. The zero-order chi connectivity index (χ0) is 13.1. The highest BCUT2D eigenvalue weighted by Gasteiger charge is 2.15. The van der Waals surface area contributed by atoms with Crippen molar-refractivity contribution in [3.8, 4) is 0 Å². The average molecular weight is 238 g/mol. The van der Waals surface area contributed by atoms with Crippen LogP contribution in [0.4, 0.5) is 5.69 Å². The molecule has 0 heterocycles. The van der Waals surface area contributed by atoms with Gasteiger partial charge < -0.3 is 0 Å². The van der Waals surface area contributed by atoms with Gasteiger partial charge in [-0.25, -0.2) is 0 Å². The van der Waals surface area contributed by atoms with E-state index < -0.39 is 4.92 Å². The van der Waals surface area contributed by atoms with Crippen LogP contribution in [-0.2, 0) is 4.84 Å². The van der Waals surface area contributed by atoms with Gasteiger partial charge in [-0.2, -0.15) is 5.48 Å². The molecule has 1 aromatic carbocycles. The number of nitro groups is 1. The molecule has 5 heteroatoms. The molecule has 0 bridgehead atoms. The Morgan fingerprint density at radius 2 is 2.06 bits per heavy atom. The second-order valence-corrected chi connectivity index (χ2v) is 4.91. The van der Waals surface area contributed by atoms with Crippen LogP contribution in [0.25, 0.3) is 0 Å². The van der Waals surface area contributed by atoms with Gasteiger partial charge in [-0.05, 0) is 33.3 Å². The van der Waals surface area contributed by atoms with E-state index in [9.17, 15) is 10.1 Å². The van der Waals surface area contributed by atoms with E-state index in [1.807, 2.05) is 33.8 Å². The lowest BCUT2D eigenvalue weighted by Crippen LogP contribution is -2.30. The third-order valence-electron chi connectivity index (χ3n) is 2.12. The highest BCUT2D eigenvalue weighted by Crippen LogP contribution is 2.19. The van der Waals surface area contributed by atoms with Gasteiger partial charge in [0.2, 0.25) is 0 Å². The summed E-state index contributed by atoms with van der Waals surface area (Å²) in [5.74, 6) is 0. The second-order valence-electron chi connectivity index (χ2n) is 4.91. The minimum atomic E-state index is -0.402. The van der Waals surface area contributed by atoms with Gasteiger partial charge in [-0.15, -0.1) is 0 Å². The lowest BCUT2D eigenvalue weighted by Gasteiger charge is -2.23. The van der Waals surface area contributed by atoms with Gasteiger partial charge in [0.1, 0.15) is 0 Å². The van der Waals surface area contributed by atoms with E-state index in [1.165, 1.54) is 6.07 Å². The minimum absolute atomic E-state index is 0.0897. The van der Waals surface area contributed by atoms with E-state index in [4.69, 9.17) is 4.84 Å². The number of hydrogen-bond donors (Lipinski definition) is 1. The number of nitro benzene ring substituents is 1. The van der Waals surface area contributed by atoms with Gasteiger partial charge in [0, 0.05) is 12.1 Å². The molecule has 1 rings (SSSR count). The van der Waals surface area contributed by atoms with Crippen LogP contribution in [0.2, 0.25) is 0 Å². The van der Waals surface area contributed by atoms with Crippen molar-refractivity contribution >= 4 is 5.69 Å². The average Bonchev–Trinajstić information content (AvgIpc) is 2.25. The second kappa shape index (κ2) is 5.25. The number of hydrogen-bond acceptors (Lipinski definition) is 4. The third kappa shape index (κ3) is 4.50. The van der Waals surface area contributed by atoms with Crippen LogP contribution in [-0.4, -0.2) is 10.5 Å². The van der Waals surface area contributed by atoms with E-state index in [0.29, 0.717) is 0 Å². The van der Waals surface area contributed by atoms with Crippen LogP contribution in [0.3, 0.4) is 0 Å². The van der Waals surface area contributed by atoms with Gasteiger partial charge in [0.25, 0.3) is 5.69 Å². The first kappa shape index (κ1) is 13.6. The maximum Gasteiger partial charge on any atom is 0.269 e. The van der Waals surface area contributed by atoms with Crippen LogP contribution < -0.4 is 5.48 Å².